The number of unbranched alkanes of at least 4 members (excludes halogenated alkanes) is 33. The number of ether oxygens (including phenoxy) is 1. The van der Waals surface area contributed by atoms with Crippen molar-refractivity contribution in [3.8, 4) is 0 Å². The molecule has 0 rings (SSSR count). The zero-order valence-electron chi connectivity index (χ0n) is 46.3. The lowest BCUT2D eigenvalue weighted by molar-refractivity contribution is -0.870. The molecular formula is C59H114N2O7P+. The van der Waals surface area contributed by atoms with E-state index in [1.54, 1.807) is 0 Å². The monoisotopic (exact) mass is 994 g/mol. The van der Waals surface area contributed by atoms with Crippen LogP contribution in [0.25, 0.3) is 0 Å². The number of hydrogen-bond acceptors (Lipinski definition) is 6. The van der Waals surface area contributed by atoms with Crippen LogP contribution in [-0.4, -0.2) is 74.3 Å². The van der Waals surface area contributed by atoms with E-state index in [-0.39, 0.29) is 31.5 Å². The molecule has 10 heteroatoms. The highest BCUT2D eigenvalue weighted by Crippen LogP contribution is 2.43. The Morgan fingerprint density at radius 1 is 0.493 bits per heavy atom. The van der Waals surface area contributed by atoms with E-state index in [0.29, 0.717) is 17.4 Å². The van der Waals surface area contributed by atoms with Gasteiger partial charge in [-0.2, -0.15) is 0 Å². The largest absolute Gasteiger partial charge is 0.472 e. The van der Waals surface area contributed by atoms with Crippen molar-refractivity contribution in [1.29, 1.82) is 0 Å². The van der Waals surface area contributed by atoms with E-state index >= 15 is 0 Å². The van der Waals surface area contributed by atoms with Gasteiger partial charge in [0.2, 0.25) is 5.91 Å². The van der Waals surface area contributed by atoms with Gasteiger partial charge in [0.25, 0.3) is 0 Å². The molecule has 3 atom stereocenters. The number of carbonyl (C=O) groups excluding carboxylic acids is 2. The predicted molar refractivity (Wildman–Crippen MR) is 296 cm³/mol. The molecule has 0 aromatic rings. The van der Waals surface area contributed by atoms with E-state index in [2.05, 4.69) is 50.4 Å². The number of phosphoric acid groups is 1. The average Bonchev–Trinajstić information content (AvgIpc) is 3.31. The molecule has 406 valence electrons. The molecule has 0 spiro atoms. The zero-order chi connectivity index (χ0) is 50.8. The summed E-state index contributed by atoms with van der Waals surface area (Å²) >= 11 is 0. The Bertz CT molecular complexity index is 1280. The fraction of sp³-hybridized carbons (Fsp3) is 0.864. The lowest BCUT2D eigenvalue weighted by Crippen LogP contribution is -2.47. The molecule has 69 heavy (non-hydrogen) atoms. The summed E-state index contributed by atoms with van der Waals surface area (Å²) in [5, 5.41) is 3.04. The molecule has 0 aromatic heterocycles. The first-order chi connectivity index (χ1) is 33.4. The minimum Gasteiger partial charge on any atom is -0.456 e. The maximum absolute atomic E-state index is 13.5. The van der Waals surface area contributed by atoms with Crippen LogP contribution in [0.15, 0.2) is 36.5 Å². The normalized spacial score (nSPS) is 14.0. The van der Waals surface area contributed by atoms with Gasteiger partial charge >= 0.3 is 13.8 Å². The summed E-state index contributed by atoms with van der Waals surface area (Å²) in [6.45, 7) is 7.00. The Kier molecular flexibility index (Phi) is 48.5. The molecule has 0 saturated carbocycles. The Hall–Kier alpha value is -1.77. The fourth-order valence-electron chi connectivity index (χ4n) is 8.46. The minimum atomic E-state index is -4.44. The van der Waals surface area contributed by atoms with Crippen molar-refractivity contribution in [3.05, 3.63) is 36.5 Å². The molecule has 3 unspecified atom stereocenters. The van der Waals surface area contributed by atoms with Crippen molar-refractivity contribution in [3.63, 3.8) is 0 Å². The van der Waals surface area contributed by atoms with Crippen molar-refractivity contribution in [2.75, 3.05) is 40.9 Å². The van der Waals surface area contributed by atoms with Gasteiger partial charge in [0, 0.05) is 12.8 Å². The second-order valence-electron chi connectivity index (χ2n) is 21.2. The first kappa shape index (κ1) is 67.2. The summed E-state index contributed by atoms with van der Waals surface area (Å²) in [7, 11) is 1.49. The fourth-order valence-corrected chi connectivity index (χ4v) is 9.19. The first-order valence-electron chi connectivity index (χ1n) is 29.3. The number of carbonyl (C=O) groups is 2. The molecule has 9 nitrogen and oxygen atoms in total. The van der Waals surface area contributed by atoms with Crippen LogP contribution in [-0.2, 0) is 27.9 Å². The SMILES string of the molecule is CCCCCCCC/C=C\CCCCCC(=O)NC(COP(=O)(O)OCC[N+](C)(C)C)C(/C=C/CCCCCCCCCCCCC)OC(=O)CCCCCCCCC/C=C/CCCCCCCC. The molecule has 0 radical (unpaired) electrons. The molecule has 0 heterocycles. The van der Waals surface area contributed by atoms with E-state index in [9.17, 15) is 19.0 Å². The van der Waals surface area contributed by atoms with Gasteiger partial charge < -0.3 is 19.4 Å². The Labute approximate surface area is 427 Å². The number of phosphoric ester groups is 1. The molecule has 0 saturated heterocycles. The third kappa shape index (κ3) is 51.0. The van der Waals surface area contributed by atoms with Crippen LogP contribution in [0, 0.1) is 0 Å². The van der Waals surface area contributed by atoms with Gasteiger partial charge in [-0.15, -0.1) is 0 Å². The van der Waals surface area contributed by atoms with Crippen LogP contribution in [0.3, 0.4) is 0 Å². The maximum atomic E-state index is 13.5. The number of amides is 1. The van der Waals surface area contributed by atoms with Gasteiger partial charge in [-0.25, -0.2) is 4.57 Å². The quantitative estimate of drug-likeness (QED) is 0.0205. The van der Waals surface area contributed by atoms with Crippen molar-refractivity contribution in [2.45, 2.75) is 290 Å². The van der Waals surface area contributed by atoms with E-state index < -0.39 is 20.0 Å². The van der Waals surface area contributed by atoms with Crippen molar-refractivity contribution < 1.29 is 37.3 Å². The second kappa shape index (κ2) is 49.8. The molecule has 0 aliphatic heterocycles. The summed E-state index contributed by atoms with van der Waals surface area (Å²) < 4.78 is 30.6. The third-order valence-corrected chi connectivity index (χ3v) is 14.0. The average molecular weight is 995 g/mol. The van der Waals surface area contributed by atoms with Crippen LogP contribution < -0.4 is 5.32 Å². The molecule has 0 bridgehead atoms. The van der Waals surface area contributed by atoms with Crippen LogP contribution in [0.1, 0.15) is 278 Å². The van der Waals surface area contributed by atoms with Crippen LogP contribution in [0.4, 0.5) is 0 Å². The molecule has 0 aromatic carbocycles. The molecule has 0 fully saturated rings. The van der Waals surface area contributed by atoms with Crippen molar-refractivity contribution in [2.24, 2.45) is 0 Å². The van der Waals surface area contributed by atoms with Gasteiger partial charge in [0.15, 0.2) is 0 Å². The molecule has 1 amide bonds. The van der Waals surface area contributed by atoms with Gasteiger partial charge in [-0.3, -0.25) is 18.6 Å². The van der Waals surface area contributed by atoms with Crippen molar-refractivity contribution in [1.82, 2.24) is 5.32 Å². The molecular weight excluding hydrogens is 880 g/mol. The topological polar surface area (TPSA) is 111 Å². The van der Waals surface area contributed by atoms with Gasteiger partial charge in [-0.05, 0) is 83.1 Å². The van der Waals surface area contributed by atoms with Gasteiger partial charge in [0.05, 0.1) is 33.8 Å². The second-order valence-corrected chi connectivity index (χ2v) is 22.6. The van der Waals surface area contributed by atoms with Crippen LogP contribution in [0.2, 0.25) is 0 Å². The number of nitrogens with zero attached hydrogens (tertiary/aromatic N) is 1. The van der Waals surface area contributed by atoms with Crippen LogP contribution in [0.5, 0.6) is 0 Å². The first-order valence-corrected chi connectivity index (χ1v) is 30.8. The highest BCUT2D eigenvalue weighted by atomic mass is 31.2. The van der Waals surface area contributed by atoms with Crippen LogP contribution >= 0.6 is 7.82 Å². The minimum absolute atomic E-state index is 0.0382. The lowest BCUT2D eigenvalue weighted by Gasteiger charge is -2.27. The third-order valence-electron chi connectivity index (χ3n) is 13.1. The summed E-state index contributed by atoms with van der Waals surface area (Å²) in [4.78, 5) is 37.6. The number of quaternary nitrogens is 1. The molecule has 2 N–H and O–H groups in total. The number of likely N-dealkylation sites (N-methyl/N-ethyl adjacent to an activating group) is 1. The standard InChI is InChI=1S/C59H113N2O7P/c1-7-10-13-16-19-22-25-28-29-30-31-34-37-40-43-46-49-52-59(63)68-57(50-47-44-41-38-35-32-26-23-20-17-14-11-8-2)56(55-67-69(64,65)66-54-53-61(4,5)6)60-58(62)51-48-45-42-39-36-33-27-24-21-18-15-12-9-3/h28-29,33,36,47,50,56-57H,7-27,30-32,34-35,37-46,48-49,51-55H2,1-6H3,(H-,60,62,64,65)/p+1/b29-28+,36-33-,50-47+. The van der Waals surface area contributed by atoms with E-state index in [4.69, 9.17) is 13.8 Å². The highest BCUT2D eigenvalue weighted by molar-refractivity contribution is 7.47. The molecule has 0 aliphatic rings. The number of allylic oxidation sites excluding steroid dienone is 5. The number of rotatable bonds is 53. The number of hydrogen-bond donors (Lipinski definition) is 2. The summed E-state index contributed by atoms with van der Waals surface area (Å²) in [6, 6.07) is -0.854. The summed E-state index contributed by atoms with van der Waals surface area (Å²) in [6.07, 6.45) is 58.5. The Balaban J connectivity index is 5.36. The Morgan fingerprint density at radius 2 is 0.841 bits per heavy atom. The number of esters is 1. The smallest absolute Gasteiger partial charge is 0.456 e. The van der Waals surface area contributed by atoms with Crippen molar-refractivity contribution >= 4 is 19.7 Å². The van der Waals surface area contributed by atoms with Gasteiger partial charge in [0.1, 0.15) is 19.3 Å². The Morgan fingerprint density at radius 3 is 1.25 bits per heavy atom. The van der Waals surface area contributed by atoms with E-state index in [0.717, 1.165) is 70.6 Å². The van der Waals surface area contributed by atoms with E-state index in [1.165, 1.54) is 173 Å². The highest BCUT2D eigenvalue weighted by Gasteiger charge is 2.30. The predicted octanol–water partition coefficient (Wildman–Crippen LogP) is 17.6. The van der Waals surface area contributed by atoms with Gasteiger partial charge in [-0.1, -0.05) is 218 Å². The zero-order valence-corrected chi connectivity index (χ0v) is 47.2. The summed E-state index contributed by atoms with van der Waals surface area (Å²) in [5.41, 5.74) is 0. The maximum Gasteiger partial charge on any atom is 0.472 e. The number of nitrogens with one attached hydrogen (secondary N) is 1. The summed E-state index contributed by atoms with van der Waals surface area (Å²) in [5.74, 6) is -0.521. The lowest BCUT2D eigenvalue weighted by atomic mass is 10.0. The van der Waals surface area contributed by atoms with E-state index in [1.807, 2.05) is 33.3 Å². The molecule has 0 aliphatic carbocycles.